The highest BCUT2D eigenvalue weighted by molar-refractivity contribution is 5.89. The van der Waals surface area contributed by atoms with Gasteiger partial charge in [0, 0.05) is 6.20 Å². The summed E-state index contributed by atoms with van der Waals surface area (Å²) in [6.45, 7) is 3.26. The fourth-order valence-corrected chi connectivity index (χ4v) is 4.26. The number of hydrogen-bond donors (Lipinski definition) is 0. The second-order valence-electron chi connectivity index (χ2n) is 9.04. The lowest BCUT2D eigenvalue weighted by Crippen LogP contribution is -2.41. The van der Waals surface area contributed by atoms with Gasteiger partial charge in [0.05, 0.1) is 41.4 Å². The van der Waals surface area contributed by atoms with E-state index in [-0.39, 0.29) is 29.8 Å². The number of alkyl halides is 3. The number of aromatic nitrogens is 3. The van der Waals surface area contributed by atoms with Crippen LogP contribution in [0, 0.1) is 5.82 Å². The molecule has 0 spiro atoms. The van der Waals surface area contributed by atoms with Gasteiger partial charge < -0.3 is 9.74 Å². The van der Waals surface area contributed by atoms with Crippen molar-refractivity contribution in [2.75, 3.05) is 13.7 Å². The van der Waals surface area contributed by atoms with Crippen LogP contribution in [0.3, 0.4) is 0 Å². The van der Waals surface area contributed by atoms with E-state index in [1.165, 1.54) is 59.2 Å². The lowest BCUT2D eigenvalue weighted by atomic mass is 10.1. The van der Waals surface area contributed by atoms with Crippen LogP contribution in [0.2, 0.25) is 0 Å². The molecule has 4 aromatic rings. The zero-order valence-electron chi connectivity index (χ0n) is 21.8. The highest BCUT2D eigenvalue weighted by Crippen LogP contribution is 2.29. The summed E-state index contributed by atoms with van der Waals surface area (Å²) >= 11 is 0. The van der Waals surface area contributed by atoms with Crippen molar-refractivity contribution in [3.63, 3.8) is 0 Å². The molecule has 0 radical (unpaired) electrons. The van der Waals surface area contributed by atoms with E-state index in [4.69, 9.17) is 4.84 Å². The lowest BCUT2D eigenvalue weighted by molar-refractivity contribution is -0.137. The van der Waals surface area contributed by atoms with Crippen molar-refractivity contribution < 1.29 is 27.2 Å². The lowest BCUT2D eigenvalue weighted by Gasteiger charge is -2.30. The fraction of sp³-hybridized carbons (Fsp3) is 0.250. The summed E-state index contributed by atoms with van der Waals surface area (Å²) in [6, 6.07) is 11.9. The Bertz CT molecular complexity index is 1600. The van der Waals surface area contributed by atoms with Crippen molar-refractivity contribution in [3.05, 3.63) is 100.0 Å². The molecule has 0 bridgehead atoms. The van der Waals surface area contributed by atoms with E-state index >= 15 is 0 Å². The van der Waals surface area contributed by atoms with Gasteiger partial charge in [-0.25, -0.2) is 14.4 Å². The summed E-state index contributed by atoms with van der Waals surface area (Å²) in [6.07, 6.45) is -3.25. The summed E-state index contributed by atoms with van der Waals surface area (Å²) < 4.78 is 54.0. The van der Waals surface area contributed by atoms with Crippen LogP contribution in [0.4, 0.5) is 17.6 Å². The summed E-state index contributed by atoms with van der Waals surface area (Å²) in [5.41, 5.74) is -0.0310. The topological polar surface area (TPSA) is 89.7 Å². The van der Waals surface area contributed by atoms with Gasteiger partial charge in [0.25, 0.3) is 5.56 Å². The number of pyridine rings is 1. The van der Waals surface area contributed by atoms with Crippen molar-refractivity contribution in [3.8, 4) is 5.69 Å². The summed E-state index contributed by atoms with van der Waals surface area (Å²) in [5, 5.41) is 4.11. The quantitative estimate of drug-likeness (QED) is 0.172. The first-order chi connectivity index (χ1) is 19.0. The van der Waals surface area contributed by atoms with E-state index in [0.29, 0.717) is 17.0 Å². The minimum atomic E-state index is -4.50. The molecule has 0 fully saturated rings. The Morgan fingerprint density at radius 3 is 2.40 bits per heavy atom. The van der Waals surface area contributed by atoms with E-state index in [1.54, 1.807) is 26.0 Å². The smallest absolute Gasteiger partial charge is 0.399 e. The standard InChI is InChI=1S/C28H25F4N5O3/c1-17(35-40-3)16-36(24(38)15-19-6-8-20(9-7-19)28(30,31)32)18(2)26-34-25-23(5-4-14-33-25)27(39)37(26)22-12-10-21(29)11-13-22/h4-14,18H,15-16H2,1-3H3/t18-/m1/s1. The summed E-state index contributed by atoms with van der Waals surface area (Å²) in [7, 11) is 1.35. The maximum atomic E-state index is 13.7. The molecule has 208 valence electrons. The molecule has 0 unspecified atom stereocenters. The van der Waals surface area contributed by atoms with Crippen LogP contribution in [-0.4, -0.2) is 44.7 Å². The maximum Gasteiger partial charge on any atom is 0.416 e. The van der Waals surface area contributed by atoms with E-state index in [0.717, 1.165) is 12.1 Å². The Labute approximate surface area is 226 Å². The van der Waals surface area contributed by atoms with Crippen LogP contribution in [0.5, 0.6) is 0 Å². The van der Waals surface area contributed by atoms with Crippen molar-refractivity contribution in [1.82, 2.24) is 19.4 Å². The predicted molar refractivity (Wildman–Crippen MR) is 140 cm³/mol. The Morgan fingerprint density at radius 1 is 1.10 bits per heavy atom. The third-order valence-electron chi connectivity index (χ3n) is 6.20. The Balaban J connectivity index is 1.80. The van der Waals surface area contributed by atoms with Crippen LogP contribution in [0.1, 0.15) is 36.8 Å². The molecular weight excluding hydrogens is 530 g/mol. The largest absolute Gasteiger partial charge is 0.416 e. The third-order valence-corrected chi connectivity index (χ3v) is 6.20. The Hall–Kier alpha value is -4.61. The molecule has 0 N–H and O–H groups in total. The first-order valence-corrected chi connectivity index (χ1v) is 12.2. The number of fused-ring (bicyclic) bond motifs is 1. The van der Waals surface area contributed by atoms with E-state index in [2.05, 4.69) is 15.1 Å². The molecule has 2 heterocycles. The number of hydrogen-bond acceptors (Lipinski definition) is 6. The first-order valence-electron chi connectivity index (χ1n) is 12.2. The van der Waals surface area contributed by atoms with Gasteiger partial charge in [-0.3, -0.25) is 14.2 Å². The van der Waals surface area contributed by atoms with Crippen LogP contribution in [-0.2, 0) is 22.2 Å². The number of carbonyl (C=O) groups is 1. The second kappa shape index (κ2) is 11.6. The van der Waals surface area contributed by atoms with Gasteiger partial charge in [0.1, 0.15) is 18.8 Å². The molecule has 0 aliphatic carbocycles. The zero-order chi connectivity index (χ0) is 29.0. The summed E-state index contributed by atoms with van der Waals surface area (Å²) in [4.78, 5) is 42.3. The normalized spacial score (nSPS) is 12.8. The van der Waals surface area contributed by atoms with Crippen molar-refractivity contribution >= 4 is 22.7 Å². The molecule has 1 amide bonds. The highest BCUT2D eigenvalue weighted by Gasteiger charge is 2.31. The average Bonchev–Trinajstić information content (AvgIpc) is 2.92. The van der Waals surface area contributed by atoms with E-state index < -0.39 is 35.1 Å². The summed E-state index contributed by atoms with van der Waals surface area (Å²) in [5.74, 6) is -0.811. The predicted octanol–water partition coefficient (Wildman–Crippen LogP) is 5.09. The minimum Gasteiger partial charge on any atom is -0.399 e. The third kappa shape index (κ3) is 6.16. The van der Waals surface area contributed by atoms with E-state index in [1.807, 2.05) is 0 Å². The number of nitrogens with zero attached hydrogens (tertiary/aromatic N) is 5. The Kier molecular flexibility index (Phi) is 8.26. The second-order valence-corrected chi connectivity index (χ2v) is 9.04. The first kappa shape index (κ1) is 28.4. The van der Waals surface area contributed by atoms with Gasteiger partial charge >= 0.3 is 6.18 Å². The molecule has 2 aromatic carbocycles. The molecule has 0 saturated carbocycles. The van der Waals surface area contributed by atoms with Crippen molar-refractivity contribution in [1.29, 1.82) is 0 Å². The molecular formula is C28H25F4N5O3. The van der Waals surface area contributed by atoms with Gasteiger partial charge in [0.2, 0.25) is 5.91 Å². The average molecular weight is 556 g/mol. The van der Waals surface area contributed by atoms with E-state index in [9.17, 15) is 27.2 Å². The highest BCUT2D eigenvalue weighted by atomic mass is 19.4. The number of amides is 1. The number of rotatable bonds is 8. The van der Waals surface area contributed by atoms with Gasteiger partial charge in [-0.05, 0) is 67.9 Å². The molecule has 12 heteroatoms. The van der Waals surface area contributed by atoms with Gasteiger partial charge in [-0.2, -0.15) is 13.2 Å². The Morgan fingerprint density at radius 2 is 1.77 bits per heavy atom. The minimum absolute atomic E-state index is 0.0337. The molecule has 4 rings (SSSR count). The van der Waals surface area contributed by atoms with Gasteiger partial charge in [0.15, 0.2) is 5.65 Å². The molecule has 1 atom stereocenters. The molecule has 0 aliphatic rings. The maximum absolute atomic E-state index is 13.7. The number of oxime groups is 1. The molecule has 2 aromatic heterocycles. The van der Waals surface area contributed by atoms with Crippen molar-refractivity contribution in [2.45, 2.75) is 32.5 Å². The van der Waals surface area contributed by atoms with Crippen LogP contribution in [0.15, 0.2) is 76.8 Å². The molecule has 0 aliphatic heterocycles. The SMILES string of the molecule is CON=C(C)CN(C(=O)Cc1ccc(C(F)(F)F)cc1)[C@H](C)c1nc2ncccc2c(=O)n1-c1ccc(F)cc1. The van der Waals surface area contributed by atoms with Gasteiger partial charge in [-0.1, -0.05) is 17.3 Å². The number of carbonyl (C=O) groups excluding carboxylic acids is 1. The van der Waals surface area contributed by atoms with Crippen LogP contribution in [0.25, 0.3) is 16.7 Å². The fourth-order valence-electron chi connectivity index (χ4n) is 4.26. The van der Waals surface area contributed by atoms with Crippen LogP contribution < -0.4 is 5.56 Å². The number of benzene rings is 2. The van der Waals surface area contributed by atoms with Gasteiger partial charge in [-0.15, -0.1) is 0 Å². The molecule has 40 heavy (non-hydrogen) atoms. The van der Waals surface area contributed by atoms with Crippen molar-refractivity contribution in [2.24, 2.45) is 5.16 Å². The monoisotopic (exact) mass is 555 g/mol. The molecule has 8 nitrogen and oxygen atoms in total. The van der Waals surface area contributed by atoms with Crippen LogP contribution >= 0.6 is 0 Å². The molecule has 0 saturated heterocycles. The zero-order valence-corrected chi connectivity index (χ0v) is 21.8. The number of halogens is 4.